The molecule has 158 valence electrons. The van der Waals surface area contributed by atoms with Crippen LogP contribution >= 0.6 is 0 Å². The maximum absolute atomic E-state index is 11.5. The molecule has 1 aliphatic heterocycles. The number of hydroxylamine groups is 1. The molecular formula is C25H31N3O2. The summed E-state index contributed by atoms with van der Waals surface area (Å²) in [5.41, 5.74) is 6.07. The molecule has 0 bridgehead atoms. The third-order valence-electron chi connectivity index (χ3n) is 6.04. The van der Waals surface area contributed by atoms with Gasteiger partial charge in [0, 0.05) is 30.6 Å². The van der Waals surface area contributed by atoms with E-state index < -0.39 is 0 Å². The van der Waals surface area contributed by atoms with Crippen LogP contribution in [0.25, 0.3) is 6.08 Å². The molecule has 0 aromatic heterocycles. The second-order valence-corrected chi connectivity index (χ2v) is 8.33. The molecule has 2 aromatic rings. The summed E-state index contributed by atoms with van der Waals surface area (Å²) in [4.78, 5) is 18.6. The molecule has 1 saturated heterocycles. The number of hydrogen-bond acceptors (Lipinski definition) is 4. The summed E-state index contributed by atoms with van der Waals surface area (Å²) in [6.07, 6.45) is 6.98. The van der Waals surface area contributed by atoms with E-state index in [1.165, 1.54) is 43.6 Å². The summed E-state index contributed by atoms with van der Waals surface area (Å²) in [7, 11) is 1.43. The predicted molar refractivity (Wildman–Crippen MR) is 120 cm³/mol. The van der Waals surface area contributed by atoms with Crippen molar-refractivity contribution in [3.05, 3.63) is 77.4 Å². The average molecular weight is 406 g/mol. The van der Waals surface area contributed by atoms with Crippen molar-refractivity contribution in [3.63, 3.8) is 0 Å². The van der Waals surface area contributed by atoms with Crippen molar-refractivity contribution in [2.45, 2.75) is 43.8 Å². The molecule has 2 fully saturated rings. The molecule has 1 heterocycles. The highest BCUT2D eigenvalue weighted by Gasteiger charge is 2.39. The monoisotopic (exact) mass is 405 g/mol. The topological polar surface area (TPSA) is 53.6 Å². The van der Waals surface area contributed by atoms with Crippen LogP contribution < -0.4 is 10.8 Å². The van der Waals surface area contributed by atoms with E-state index in [-0.39, 0.29) is 5.91 Å². The van der Waals surface area contributed by atoms with E-state index in [0.29, 0.717) is 18.0 Å². The lowest BCUT2D eigenvalue weighted by atomic mass is 10.0. The summed E-state index contributed by atoms with van der Waals surface area (Å²) < 4.78 is 0. The van der Waals surface area contributed by atoms with E-state index >= 15 is 0 Å². The van der Waals surface area contributed by atoms with Crippen molar-refractivity contribution in [1.29, 1.82) is 0 Å². The van der Waals surface area contributed by atoms with E-state index in [1.807, 2.05) is 18.2 Å². The van der Waals surface area contributed by atoms with Crippen LogP contribution in [-0.2, 0) is 16.2 Å². The smallest absolute Gasteiger partial charge is 0.267 e. The zero-order valence-electron chi connectivity index (χ0n) is 17.6. The molecule has 4 rings (SSSR count). The molecule has 2 aromatic carbocycles. The maximum Gasteiger partial charge on any atom is 0.267 e. The molecule has 2 N–H and O–H groups in total. The fraction of sp³-hybridized carbons (Fsp3) is 0.400. The first-order valence-electron chi connectivity index (χ1n) is 10.8. The summed E-state index contributed by atoms with van der Waals surface area (Å²) in [6.45, 7) is 3.20. The first-order chi connectivity index (χ1) is 14.7. The van der Waals surface area contributed by atoms with Gasteiger partial charge >= 0.3 is 0 Å². The minimum absolute atomic E-state index is 0.261. The van der Waals surface area contributed by atoms with Crippen molar-refractivity contribution < 1.29 is 9.63 Å². The second-order valence-electron chi connectivity index (χ2n) is 8.33. The lowest BCUT2D eigenvalue weighted by molar-refractivity contribution is -0.126. The van der Waals surface area contributed by atoms with Gasteiger partial charge in [-0.05, 0) is 55.1 Å². The molecule has 0 spiro atoms. The minimum Gasteiger partial charge on any atom is -0.311 e. The Kier molecular flexibility index (Phi) is 6.95. The van der Waals surface area contributed by atoms with Crippen molar-refractivity contribution in [3.8, 4) is 0 Å². The fourth-order valence-electron chi connectivity index (χ4n) is 4.37. The number of piperidine rings is 1. The van der Waals surface area contributed by atoms with Crippen LogP contribution in [0.15, 0.2) is 60.7 Å². The van der Waals surface area contributed by atoms with Crippen molar-refractivity contribution in [2.75, 3.05) is 20.2 Å². The van der Waals surface area contributed by atoms with Crippen molar-refractivity contribution in [2.24, 2.45) is 0 Å². The molecule has 5 heteroatoms. The number of benzene rings is 2. The van der Waals surface area contributed by atoms with Gasteiger partial charge in [-0.3, -0.25) is 14.5 Å². The summed E-state index contributed by atoms with van der Waals surface area (Å²) in [5.74, 6) is 0.439. The third kappa shape index (κ3) is 5.79. The number of nitrogens with one attached hydrogen (secondary N) is 2. The molecule has 2 unspecified atom stereocenters. The van der Waals surface area contributed by atoms with E-state index in [1.54, 1.807) is 0 Å². The predicted octanol–water partition coefficient (Wildman–Crippen LogP) is 3.49. The second kappa shape index (κ2) is 10.0. The Bertz CT molecular complexity index is 860. The van der Waals surface area contributed by atoms with Gasteiger partial charge in [-0.15, -0.1) is 0 Å². The highest BCUT2D eigenvalue weighted by molar-refractivity contribution is 5.90. The molecule has 0 radical (unpaired) electrons. The first-order valence-corrected chi connectivity index (χ1v) is 10.8. The van der Waals surface area contributed by atoms with Crippen LogP contribution in [0.1, 0.15) is 41.9 Å². The van der Waals surface area contributed by atoms with Crippen molar-refractivity contribution in [1.82, 2.24) is 15.7 Å². The van der Waals surface area contributed by atoms with E-state index in [0.717, 1.165) is 25.2 Å². The summed E-state index contributed by atoms with van der Waals surface area (Å²) in [5, 5.41) is 3.89. The zero-order valence-corrected chi connectivity index (χ0v) is 17.6. The number of nitrogens with zero attached hydrogens (tertiary/aromatic N) is 1. The molecule has 5 nitrogen and oxygen atoms in total. The Morgan fingerprint density at radius 2 is 1.93 bits per heavy atom. The van der Waals surface area contributed by atoms with Gasteiger partial charge in [-0.1, -0.05) is 54.6 Å². The normalized spacial score (nSPS) is 22.3. The third-order valence-corrected chi connectivity index (χ3v) is 6.04. The van der Waals surface area contributed by atoms with Crippen LogP contribution in [0.3, 0.4) is 0 Å². The molecular weight excluding hydrogens is 374 g/mol. The number of rotatable bonds is 8. The molecule has 1 amide bonds. The largest absolute Gasteiger partial charge is 0.311 e. The van der Waals surface area contributed by atoms with Crippen LogP contribution in [0, 0.1) is 0 Å². The zero-order chi connectivity index (χ0) is 20.8. The Hall–Kier alpha value is -2.47. The SMILES string of the molecule is CONC(=O)/C=C/c1cccc(CN2CCC(NC3CC3c3ccccc3)CC2)c1. The molecule has 2 atom stereocenters. The Morgan fingerprint density at radius 1 is 1.13 bits per heavy atom. The number of likely N-dealkylation sites (tertiary alicyclic amines) is 1. The lowest BCUT2D eigenvalue weighted by Crippen LogP contribution is -2.43. The average Bonchev–Trinajstić information content (AvgIpc) is 3.54. The van der Waals surface area contributed by atoms with E-state index in [4.69, 9.17) is 0 Å². The van der Waals surface area contributed by atoms with Crippen LogP contribution in [0.2, 0.25) is 0 Å². The molecule has 1 saturated carbocycles. The minimum atomic E-state index is -0.261. The van der Waals surface area contributed by atoms with Crippen LogP contribution in [0.4, 0.5) is 0 Å². The van der Waals surface area contributed by atoms with Crippen LogP contribution in [-0.4, -0.2) is 43.1 Å². The van der Waals surface area contributed by atoms with Gasteiger partial charge in [0.2, 0.25) is 0 Å². The first kappa shape index (κ1) is 20.8. The van der Waals surface area contributed by atoms with Gasteiger partial charge < -0.3 is 5.32 Å². The number of hydrogen-bond donors (Lipinski definition) is 2. The van der Waals surface area contributed by atoms with Gasteiger partial charge in [0.05, 0.1) is 7.11 Å². The fourth-order valence-corrected chi connectivity index (χ4v) is 4.37. The number of carbonyl (C=O) groups excluding carboxylic acids is 1. The Labute approximate surface area is 179 Å². The van der Waals surface area contributed by atoms with Crippen molar-refractivity contribution >= 4 is 12.0 Å². The quantitative estimate of drug-likeness (QED) is 0.522. The maximum atomic E-state index is 11.5. The Balaban J connectivity index is 1.22. The van der Waals surface area contributed by atoms with Crippen LogP contribution in [0.5, 0.6) is 0 Å². The molecule has 30 heavy (non-hydrogen) atoms. The van der Waals surface area contributed by atoms with Gasteiger partial charge in [-0.2, -0.15) is 0 Å². The number of amides is 1. The van der Waals surface area contributed by atoms with Gasteiger partial charge in [-0.25, -0.2) is 5.48 Å². The molecule has 2 aliphatic rings. The van der Waals surface area contributed by atoms with Gasteiger partial charge in [0.1, 0.15) is 0 Å². The lowest BCUT2D eigenvalue weighted by Gasteiger charge is -2.32. The highest BCUT2D eigenvalue weighted by atomic mass is 16.6. The van der Waals surface area contributed by atoms with Gasteiger partial charge in [0.15, 0.2) is 0 Å². The highest BCUT2D eigenvalue weighted by Crippen LogP contribution is 2.41. The van der Waals surface area contributed by atoms with Gasteiger partial charge in [0.25, 0.3) is 5.91 Å². The summed E-state index contributed by atoms with van der Waals surface area (Å²) in [6, 6.07) is 20.5. The summed E-state index contributed by atoms with van der Waals surface area (Å²) >= 11 is 0. The van der Waals surface area contributed by atoms with E-state index in [9.17, 15) is 4.79 Å². The molecule has 1 aliphatic carbocycles. The Morgan fingerprint density at radius 3 is 2.70 bits per heavy atom. The number of carbonyl (C=O) groups is 1. The standard InChI is InChI=1S/C25H31N3O2/c1-30-27-25(29)11-10-19-6-5-7-20(16-19)18-28-14-12-22(13-15-28)26-24-17-23(24)21-8-3-2-4-9-21/h2-11,16,22-24,26H,12-15,17-18H2,1H3,(H,27,29)/b11-10+. The van der Waals surface area contributed by atoms with E-state index in [2.05, 4.69) is 63.0 Å².